The van der Waals surface area contributed by atoms with Crippen LogP contribution in [0.3, 0.4) is 0 Å². The number of nitrogens with one attached hydrogen (secondary N) is 2. The van der Waals surface area contributed by atoms with Gasteiger partial charge in [-0.3, -0.25) is 24.0 Å². The van der Waals surface area contributed by atoms with Gasteiger partial charge < -0.3 is 25.0 Å². The minimum Gasteiger partial charge on any atom is -0.481 e. The number of aromatic nitrogens is 1. The number of amides is 2. The Morgan fingerprint density at radius 2 is 1.76 bits per heavy atom. The second-order valence-electron chi connectivity index (χ2n) is 8.53. The molecule has 0 radical (unpaired) electrons. The van der Waals surface area contributed by atoms with Crippen LogP contribution in [0.15, 0.2) is 29.2 Å². The highest BCUT2D eigenvalue weighted by Gasteiger charge is 2.32. The largest absolute Gasteiger partial charge is 0.481 e. The molecule has 1 aliphatic carbocycles. The average Bonchev–Trinajstić information content (AvgIpc) is 3.70. The monoisotopic (exact) mass is 541 g/mol. The summed E-state index contributed by atoms with van der Waals surface area (Å²) in [5, 5.41) is 13.8. The van der Waals surface area contributed by atoms with Gasteiger partial charge in [-0.2, -0.15) is 8.78 Å². The number of carbonyl (C=O) groups excluding carboxylic acids is 3. The second-order valence-corrected chi connectivity index (χ2v) is 8.53. The van der Waals surface area contributed by atoms with Gasteiger partial charge in [-0.1, -0.05) is 6.92 Å². The highest BCUT2D eigenvalue weighted by atomic mass is 19.2. The molecule has 1 aromatic heterocycles. The van der Waals surface area contributed by atoms with E-state index in [-0.39, 0.29) is 30.0 Å². The summed E-state index contributed by atoms with van der Waals surface area (Å²) in [5.41, 5.74) is -0.791. The van der Waals surface area contributed by atoms with Crippen LogP contribution in [0.5, 0.6) is 5.75 Å². The Bertz CT molecular complexity index is 1300. The number of rotatable bonds is 12. The number of ketones is 1. The van der Waals surface area contributed by atoms with Gasteiger partial charge in [0.2, 0.25) is 23.4 Å². The van der Waals surface area contributed by atoms with E-state index in [9.17, 15) is 41.5 Å². The lowest BCUT2D eigenvalue weighted by Gasteiger charge is -2.22. The molecule has 10 nitrogen and oxygen atoms in total. The summed E-state index contributed by atoms with van der Waals surface area (Å²) in [4.78, 5) is 61.8. The van der Waals surface area contributed by atoms with Crippen molar-refractivity contribution in [2.24, 2.45) is 5.92 Å². The molecule has 1 aliphatic rings. The molecule has 0 unspecified atom stereocenters. The van der Waals surface area contributed by atoms with Gasteiger partial charge in [0.15, 0.2) is 23.2 Å². The smallest absolute Gasteiger partial charge is 0.305 e. The van der Waals surface area contributed by atoms with E-state index in [4.69, 9.17) is 5.11 Å². The van der Waals surface area contributed by atoms with Crippen molar-refractivity contribution in [3.8, 4) is 5.75 Å². The Kier molecular flexibility index (Phi) is 8.86. The average molecular weight is 541 g/mol. The van der Waals surface area contributed by atoms with Crippen molar-refractivity contribution in [3.05, 3.63) is 58.0 Å². The standard InChI is InChI=1S/C24H23F4N3O7/c1-2-16(31-7-3-4-14(24(31)37)29-22(35)11-5-6-11)23(36)30-15(9-18(33)34)17(32)10-38-21-19(27)12(25)8-13(26)20(21)28/h3-4,7-8,11,15-16H,2,5-6,9-10H2,1H3,(H,29,35)(H,30,36)(H,33,34)/t15-,16-/m0/s1. The van der Waals surface area contributed by atoms with Crippen molar-refractivity contribution in [2.45, 2.75) is 44.7 Å². The van der Waals surface area contributed by atoms with E-state index in [0.717, 1.165) is 4.57 Å². The number of pyridine rings is 1. The SMILES string of the molecule is CC[C@@H](C(=O)N[C@@H](CC(=O)O)C(=O)COc1c(F)c(F)cc(F)c1F)n1cccc(NC(=O)C2CC2)c1=O. The zero-order valence-corrected chi connectivity index (χ0v) is 19.9. The summed E-state index contributed by atoms with van der Waals surface area (Å²) in [6.45, 7) is 0.293. The number of benzene rings is 1. The second kappa shape index (κ2) is 11.9. The van der Waals surface area contributed by atoms with Crippen molar-refractivity contribution in [1.29, 1.82) is 0 Å². The molecule has 1 heterocycles. The number of carboxylic acids is 1. The Labute approximate surface area is 212 Å². The number of nitrogens with zero attached hydrogens (tertiary/aromatic N) is 1. The van der Waals surface area contributed by atoms with Crippen LogP contribution in [0.4, 0.5) is 23.2 Å². The van der Waals surface area contributed by atoms with Crippen LogP contribution in [0.25, 0.3) is 0 Å². The molecule has 14 heteroatoms. The molecular weight excluding hydrogens is 518 g/mol. The molecule has 1 saturated carbocycles. The third kappa shape index (κ3) is 6.55. The lowest BCUT2D eigenvalue weighted by molar-refractivity contribution is -0.140. The van der Waals surface area contributed by atoms with Crippen LogP contribution in [-0.4, -0.2) is 45.9 Å². The fraction of sp³-hybridized carbons (Fsp3) is 0.375. The fourth-order valence-corrected chi connectivity index (χ4v) is 3.55. The fourth-order valence-electron chi connectivity index (χ4n) is 3.55. The molecule has 1 fully saturated rings. The first-order valence-corrected chi connectivity index (χ1v) is 11.5. The molecule has 204 valence electrons. The zero-order chi connectivity index (χ0) is 28.1. The van der Waals surface area contributed by atoms with Crippen LogP contribution in [0, 0.1) is 29.2 Å². The quantitative estimate of drug-likeness (QED) is 0.276. The van der Waals surface area contributed by atoms with Crippen molar-refractivity contribution in [1.82, 2.24) is 9.88 Å². The predicted octanol–water partition coefficient (Wildman–Crippen LogP) is 2.31. The summed E-state index contributed by atoms with van der Waals surface area (Å²) in [6, 6.07) is -0.323. The number of carboxylic acid groups (broad SMARTS) is 1. The molecule has 3 rings (SSSR count). The molecule has 2 atom stereocenters. The predicted molar refractivity (Wildman–Crippen MR) is 122 cm³/mol. The topological polar surface area (TPSA) is 144 Å². The lowest BCUT2D eigenvalue weighted by atomic mass is 10.1. The van der Waals surface area contributed by atoms with Gasteiger partial charge in [-0.05, 0) is 31.4 Å². The van der Waals surface area contributed by atoms with Gasteiger partial charge in [0.25, 0.3) is 5.56 Å². The minimum atomic E-state index is -1.91. The first-order valence-electron chi connectivity index (χ1n) is 11.5. The zero-order valence-electron chi connectivity index (χ0n) is 19.9. The number of hydrogen-bond acceptors (Lipinski definition) is 6. The molecule has 1 aromatic carbocycles. The Balaban J connectivity index is 1.77. The molecule has 38 heavy (non-hydrogen) atoms. The molecule has 2 amide bonds. The van der Waals surface area contributed by atoms with Crippen LogP contribution in [0.1, 0.15) is 38.6 Å². The summed E-state index contributed by atoms with van der Waals surface area (Å²) in [5.74, 6) is -13.1. The maximum Gasteiger partial charge on any atom is 0.305 e. The number of aliphatic carboxylic acids is 1. The number of Topliss-reactive ketones (excluding diaryl/α,β-unsaturated/α-hetero) is 1. The number of halogens is 4. The van der Waals surface area contributed by atoms with Crippen molar-refractivity contribution < 1.29 is 46.6 Å². The molecule has 0 saturated heterocycles. The van der Waals surface area contributed by atoms with Gasteiger partial charge in [-0.25, -0.2) is 8.78 Å². The Hall–Kier alpha value is -4.23. The maximum atomic E-state index is 13.8. The van der Waals surface area contributed by atoms with E-state index in [1.54, 1.807) is 0 Å². The van der Waals surface area contributed by atoms with Gasteiger partial charge >= 0.3 is 5.97 Å². The molecular formula is C24H23F4N3O7. The van der Waals surface area contributed by atoms with Gasteiger partial charge in [0, 0.05) is 18.2 Å². The van der Waals surface area contributed by atoms with E-state index in [1.165, 1.54) is 25.3 Å². The lowest BCUT2D eigenvalue weighted by Crippen LogP contribution is -2.48. The summed E-state index contributed by atoms with van der Waals surface area (Å²) < 4.78 is 60.0. The van der Waals surface area contributed by atoms with Crippen molar-refractivity contribution in [3.63, 3.8) is 0 Å². The van der Waals surface area contributed by atoms with Crippen LogP contribution in [0.2, 0.25) is 0 Å². The molecule has 2 aromatic rings. The Morgan fingerprint density at radius 3 is 2.32 bits per heavy atom. The maximum absolute atomic E-state index is 13.8. The van der Waals surface area contributed by atoms with Gasteiger partial charge in [0.1, 0.15) is 24.4 Å². The summed E-state index contributed by atoms with van der Waals surface area (Å²) in [6.07, 6.45) is 1.70. The molecule has 0 bridgehead atoms. The number of hydrogen-bond donors (Lipinski definition) is 3. The third-order valence-corrected chi connectivity index (χ3v) is 5.72. The summed E-state index contributed by atoms with van der Waals surface area (Å²) in [7, 11) is 0. The summed E-state index contributed by atoms with van der Waals surface area (Å²) >= 11 is 0. The highest BCUT2D eigenvalue weighted by Crippen LogP contribution is 2.30. The number of ether oxygens (including phenoxy) is 1. The van der Waals surface area contributed by atoms with Gasteiger partial charge in [0.05, 0.1) is 6.42 Å². The van der Waals surface area contributed by atoms with Crippen molar-refractivity contribution in [2.75, 3.05) is 11.9 Å². The van der Waals surface area contributed by atoms with E-state index >= 15 is 0 Å². The normalized spacial score (nSPS) is 14.3. The first kappa shape index (κ1) is 28.3. The Morgan fingerprint density at radius 1 is 1.13 bits per heavy atom. The minimum absolute atomic E-state index is 0.00916. The van der Waals surface area contributed by atoms with Crippen LogP contribution in [-0.2, 0) is 19.2 Å². The van der Waals surface area contributed by atoms with E-state index in [1.807, 2.05) is 0 Å². The number of anilines is 1. The highest BCUT2D eigenvalue weighted by molar-refractivity contribution is 5.94. The van der Waals surface area contributed by atoms with Crippen LogP contribution >= 0.6 is 0 Å². The number of carbonyl (C=O) groups is 4. The van der Waals surface area contributed by atoms with Crippen molar-refractivity contribution >= 4 is 29.3 Å². The van der Waals surface area contributed by atoms with E-state index < -0.39 is 77.3 Å². The van der Waals surface area contributed by atoms with Gasteiger partial charge in [-0.15, -0.1) is 0 Å². The van der Waals surface area contributed by atoms with Crippen LogP contribution < -0.4 is 20.9 Å². The molecule has 0 aliphatic heterocycles. The molecule has 3 N–H and O–H groups in total. The molecule has 0 spiro atoms. The van der Waals surface area contributed by atoms with E-state index in [0.29, 0.717) is 12.8 Å². The first-order chi connectivity index (χ1) is 17.9. The third-order valence-electron chi connectivity index (χ3n) is 5.72. The van der Waals surface area contributed by atoms with E-state index in [2.05, 4.69) is 15.4 Å².